The maximum absolute atomic E-state index is 15.3. The van der Waals surface area contributed by atoms with E-state index >= 15 is 9.59 Å². The monoisotopic (exact) mass is 881 g/mol. The summed E-state index contributed by atoms with van der Waals surface area (Å²) in [5, 5.41) is 6.54. The molecule has 4 fully saturated rings. The normalized spacial score (nSPS) is 24.2. The van der Waals surface area contributed by atoms with E-state index in [0.29, 0.717) is 11.3 Å². The molecule has 9 nitrogen and oxygen atoms in total. The van der Waals surface area contributed by atoms with Crippen LogP contribution in [0.3, 0.4) is 0 Å². The number of amides is 1. The largest absolute Gasteiger partial charge is 0.497 e. The molecule has 2 saturated heterocycles. The lowest BCUT2D eigenvalue weighted by Crippen LogP contribution is -2.68. The van der Waals surface area contributed by atoms with Crippen molar-refractivity contribution >= 4 is 35.7 Å². The van der Waals surface area contributed by atoms with E-state index in [1.54, 1.807) is 7.11 Å². The lowest BCUT2D eigenvalue weighted by atomic mass is 9.69. The van der Waals surface area contributed by atoms with Crippen molar-refractivity contribution < 1.29 is 38.0 Å². The number of methoxy groups -OCH3 is 1. The van der Waals surface area contributed by atoms with E-state index in [2.05, 4.69) is 35.6 Å². The zero-order valence-corrected chi connectivity index (χ0v) is 37.6. The predicted molar refractivity (Wildman–Crippen MR) is 249 cm³/mol. The minimum atomic E-state index is -1.13. The van der Waals surface area contributed by atoms with E-state index in [0.717, 1.165) is 78.4 Å². The van der Waals surface area contributed by atoms with Crippen LogP contribution in [0.5, 0.6) is 5.75 Å². The van der Waals surface area contributed by atoms with Gasteiger partial charge in [0.1, 0.15) is 24.0 Å². The second-order valence-electron chi connectivity index (χ2n) is 17.6. The molecule has 0 bridgehead atoms. The molecule has 10 heteroatoms. The van der Waals surface area contributed by atoms with E-state index in [4.69, 9.17) is 28.4 Å². The second-order valence-corrected chi connectivity index (χ2v) is 19.8. The number of ether oxygens (including phenoxy) is 6. The van der Waals surface area contributed by atoms with Gasteiger partial charge in [0, 0.05) is 11.1 Å². The van der Waals surface area contributed by atoms with Crippen LogP contribution in [0.15, 0.2) is 140 Å². The van der Waals surface area contributed by atoms with Crippen LogP contribution in [0, 0.1) is 17.8 Å². The molecule has 2 aliphatic carbocycles. The molecule has 5 aromatic rings. The first-order valence-electron chi connectivity index (χ1n) is 23.3. The fourth-order valence-electron chi connectivity index (χ4n) is 10.3. The van der Waals surface area contributed by atoms with Gasteiger partial charge in [0.2, 0.25) is 0 Å². The van der Waals surface area contributed by atoms with E-state index in [-0.39, 0.29) is 42.8 Å². The van der Waals surface area contributed by atoms with Gasteiger partial charge in [-0.1, -0.05) is 160 Å². The van der Waals surface area contributed by atoms with Gasteiger partial charge >= 0.3 is 5.97 Å². The summed E-state index contributed by atoms with van der Waals surface area (Å²) in [5.41, 5.74) is 2.26. The van der Waals surface area contributed by atoms with Gasteiger partial charge < -0.3 is 33.7 Å². The highest BCUT2D eigenvalue weighted by molar-refractivity contribution is 7.80. The van der Waals surface area contributed by atoms with Crippen LogP contribution in [0.2, 0.25) is 0 Å². The zero-order chi connectivity index (χ0) is 43.7. The Kier molecular flexibility index (Phi) is 14.8. The van der Waals surface area contributed by atoms with E-state index in [1.807, 2.05) is 109 Å². The maximum atomic E-state index is 15.3. The molecule has 9 rings (SSSR count). The third-order valence-corrected chi connectivity index (χ3v) is 16.0. The molecular formula is C54H60NO8P. The van der Waals surface area contributed by atoms with Crippen molar-refractivity contribution in [3.8, 4) is 5.75 Å². The molecular weight excluding hydrogens is 822 g/mol. The Morgan fingerprint density at radius 1 is 0.688 bits per heavy atom. The number of hydrogen-bond acceptors (Lipinski definition) is 8. The summed E-state index contributed by atoms with van der Waals surface area (Å²) in [6.07, 6.45) is 6.76. The highest BCUT2D eigenvalue weighted by Crippen LogP contribution is 2.43. The van der Waals surface area contributed by atoms with Crippen LogP contribution in [-0.2, 0) is 35.1 Å². The van der Waals surface area contributed by atoms with Gasteiger partial charge in [-0.05, 0) is 85.1 Å². The molecule has 334 valence electrons. The molecule has 0 aromatic heterocycles. The van der Waals surface area contributed by atoms with Crippen LogP contribution in [-0.4, -0.2) is 56.2 Å². The van der Waals surface area contributed by atoms with Crippen molar-refractivity contribution in [2.75, 3.05) is 13.7 Å². The number of rotatable bonds is 14. The lowest BCUT2D eigenvalue weighted by molar-refractivity contribution is -0.346. The number of carbonyl (C=O) groups is 2. The molecule has 5 aromatic carbocycles. The lowest BCUT2D eigenvalue weighted by Gasteiger charge is -2.49. The van der Waals surface area contributed by atoms with Gasteiger partial charge in [0.15, 0.2) is 18.7 Å². The Balaban J connectivity index is 1.10. The molecule has 2 aliphatic heterocycles. The Hall–Kier alpha value is -4.89. The fourth-order valence-corrected chi connectivity index (χ4v) is 12.8. The molecule has 0 unspecified atom stereocenters. The van der Waals surface area contributed by atoms with Gasteiger partial charge in [-0.2, -0.15) is 0 Å². The average Bonchev–Trinajstić information content (AvgIpc) is 3.36. The summed E-state index contributed by atoms with van der Waals surface area (Å²) >= 11 is 0. The van der Waals surface area contributed by atoms with Crippen LogP contribution in [0.1, 0.15) is 92.0 Å². The SMILES string of the molecule is COc1ccc([C@@H]2OC[C@H]3O[C@H](OCc4ccccc4)[C@H](NC(=O)c4ccccc4P(c4ccccc4)c4ccccc4)[C@@H](OC(=O)C(C4CCCCC4)C4CCCCC4)[C@@H]3O2)cc1. The summed E-state index contributed by atoms with van der Waals surface area (Å²) < 4.78 is 39.1. The fraction of sp³-hybridized carbons (Fsp3) is 0.407. The number of carbonyl (C=O) groups excluding carboxylic acids is 2. The maximum Gasteiger partial charge on any atom is 0.309 e. The average molecular weight is 882 g/mol. The van der Waals surface area contributed by atoms with Crippen LogP contribution in [0.25, 0.3) is 0 Å². The second kappa shape index (κ2) is 21.4. The molecule has 1 amide bonds. The standard InChI is InChI=1S/C54H60NO8P/c1-58-41-33-31-40(32-34-41)53-60-36-45-49(63-53)50(62-52(57)47(38-21-9-3-10-22-38)39-23-11-4-12-24-39)48(54(61-45)59-35-37-19-7-2-8-20-37)55-51(56)44-29-17-18-30-46(44)64(42-25-13-5-14-26-42)43-27-15-6-16-28-43/h2,5-8,13-20,25-34,38-39,45,47-50,53-54H,3-4,9-12,21-24,35-36H2,1H3,(H,55,56)/t45-,48-,49-,50-,53-,54+/m1/s1. The topological polar surface area (TPSA) is 102 Å². The number of benzene rings is 5. The van der Waals surface area contributed by atoms with E-state index in [9.17, 15) is 0 Å². The Bertz CT molecular complexity index is 2190. The summed E-state index contributed by atoms with van der Waals surface area (Å²) in [7, 11) is 0.506. The minimum Gasteiger partial charge on any atom is -0.497 e. The van der Waals surface area contributed by atoms with Crippen molar-refractivity contribution in [3.05, 3.63) is 156 Å². The van der Waals surface area contributed by atoms with Gasteiger partial charge in [-0.3, -0.25) is 9.59 Å². The molecule has 2 heterocycles. The van der Waals surface area contributed by atoms with Crippen molar-refractivity contribution in [2.45, 2.75) is 108 Å². The summed E-state index contributed by atoms with van der Waals surface area (Å²) in [5.74, 6) is 0.460. The van der Waals surface area contributed by atoms with Crippen LogP contribution in [0.4, 0.5) is 0 Å². The predicted octanol–water partition coefficient (Wildman–Crippen LogP) is 9.30. The molecule has 6 atom stereocenters. The highest BCUT2D eigenvalue weighted by Gasteiger charge is 2.54. The Labute approximate surface area is 378 Å². The number of esters is 1. The highest BCUT2D eigenvalue weighted by atomic mass is 31.1. The van der Waals surface area contributed by atoms with Crippen molar-refractivity contribution in [1.82, 2.24) is 5.32 Å². The van der Waals surface area contributed by atoms with Gasteiger partial charge in [0.05, 0.1) is 26.2 Å². The molecule has 4 aliphatic rings. The van der Waals surface area contributed by atoms with Crippen LogP contribution < -0.4 is 26.0 Å². The first-order valence-corrected chi connectivity index (χ1v) is 24.6. The van der Waals surface area contributed by atoms with E-state index in [1.165, 1.54) is 12.8 Å². The summed E-state index contributed by atoms with van der Waals surface area (Å²) in [6.45, 7) is 0.375. The Morgan fingerprint density at radius 2 is 1.27 bits per heavy atom. The summed E-state index contributed by atoms with van der Waals surface area (Å²) in [6, 6.07) is 45.0. The smallest absolute Gasteiger partial charge is 0.309 e. The first-order chi connectivity index (χ1) is 31.5. The molecule has 64 heavy (non-hydrogen) atoms. The number of fused-ring (bicyclic) bond motifs is 1. The number of nitrogens with one attached hydrogen (secondary N) is 1. The molecule has 1 N–H and O–H groups in total. The van der Waals surface area contributed by atoms with Gasteiger partial charge in [-0.25, -0.2) is 0 Å². The minimum absolute atomic E-state index is 0.164. The van der Waals surface area contributed by atoms with Crippen molar-refractivity contribution in [2.24, 2.45) is 17.8 Å². The van der Waals surface area contributed by atoms with Crippen molar-refractivity contribution in [1.29, 1.82) is 0 Å². The van der Waals surface area contributed by atoms with Gasteiger partial charge in [-0.15, -0.1) is 0 Å². The van der Waals surface area contributed by atoms with Crippen LogP contribution >= 0.6 is 7.92 Å². The third kappa shape index (κ3) is 10.3. The van der Waals surface area contributed by atoms with Gasteiger partial charge in [0.25, 0.3) is 5.91 Å². The van der Waals surface area contributed by atoms with Crippen molar-refractivity contribution in [3.63, 3.8) is 0 Å². The molecule has 2 saturated carbocycles. The summed E-state index contributed by atoms with van der Waals surface area (Å²) in [4.78, 5) is 30.5. The number of hydrogen-bond donors (Lipinski definition) is 1. The molecule has 0 spiro atoms. The quantitative estimate of drug-likeness (QED) is 0.0871. The first kappa shape index (κ1) is 44.3. The Morgan fingerprint density at radius 3 is 1.88 bits per heavy atom. The molecule has 0 radical (unpaired) electrons. The van der Waals surface area contributed by atoms with E-state index < -0.39 is 44.9 Å². The zero-order valence-electron chi connectivity index (χ0n) is 36.7. The third-order valence-electron chi connectivity index (χ3n) is 13.5.